The quantitative estimate of drug-likeness (QED) is 0.589. The van der Waals surface area contributed by atoms with Gasteiger partial charge in [-0.25, -0.2) is 9.69 Å². The van der Waals surface area contributed by atoms with Gasteiger partial charge in [-0.3, -0.25) is 0 Å². The van der Waals surface area contributed by atoms with Gasteiger partial charge in [0.1, 0.15) is 0 Å². The third kappa shape index (κ3) is 4.33. The Morgan fingerprint density at radius 3 is 2.14 bits per heavy atom. The first kappa shape index (κ1) is 19.2. The fourth-order valence-electron chi connectivity index (χ4n) is 3.95. The SMILES string of the molecule is O=C(OCC1CCCc2ccccc2C1O)N(c1ccccc1)c1ccccc1. The minimum atomic E-state index is -0.622. The molecule has 1 N–H and O–H groups in total. The van der Waals surface area contributed by atoms with Gasteiger partial charge < -0.3 is 9.84 Å². The van der Waals surface area contributed by atoms with Crippen molar-refractivity contribution in [1.29, 1.82) is 0 Å². The lowest BCUT2D eigenvalue weighted by atomic mass is 9.94. The molecule has 0 fully saturated rings. The summed E-state index contributed by atoms with van der Waals surface area (Å²) >= 11 is 0. The molecule has 1 aliphatic carbocycles. The molecule has 2 atom stereocenters. The van der Waals surface area contributed by atoms with Crippen LogP contribution in [0.2, 0.25) is 0 Å². The highest BCUT2D eigenvalue weighted by atomic mass is 16.6. The number of aliphatic hydroxyl groups excluding tert-OH is 1. The van der Waals surface area contributed by atoms with Crippen molar-refractivity contribution < 1.29 is 14.6 Å². The summed E-state index contributed by atoms with van der Waals surface area (Å²) in [5, 5.41) is 10.9. The van der Waals surface area contributed by atoms with Crippen LogP contribution in [-0.2, 0) is 11.2 Å². The maximum absolute atomic E-state index is 13.0. The van der Waals surface area contributed by atoms with Gasteiger partial charge in [-0.1, -0.05) is 60.7 Å². The van der Waals surface area contributed by atoms with Gasteiger partial charge in [-0.05, 0) is 54.7 Å². The molecule has 4 nitrogen and oxygen atoms in total. The molecule has 0 heterocycles. The first-order valence-corrected chi connectivity index (χ1v) is 10.1. The second-order valence-corrected chi connectivity index (χ2v) is 7.38. The van der Waals surface area contributed by atoms with E-state index in [1.165, 1.54) is 5.56 Å². The predicted octanol–water partition coefficient (Wildman–Crippen LogP) is 5.65. The number of fused-ring (bicyclic) bond motifs is 1. The molecule has 0 bridgehead atoms. The summed E-state index contributed by atoms with van der Waals surface area (Å²) in [5.74, 6) is -0.115. The number of hydrogen-bond donors (Lipinski definition) is 1. The third-order valence-electron chi connectivity index (χ3n) is 5.47. The molecule has 0 aliphatic heterocycles. The van der Waals surface area contributed by atoms with Crippen LogP contribution in [0, 0.1) is 5.92 Å². The Balaban J connectivity index is 1.51. The van der Waals surface area contributed by atoms with E-state index in [1.54, 1.807) is 4.90 Å². The Hall–Kier alpha value is -3.11. The summed E-state index contributed by atoms with van der Waals surface area (Å²) in [6.07, 6.45) is 1.67. The standard InChI is InChI=1S/C25H25NO3/c27-24-20(12-9-11-19-10-7-8-17-23(19)24)18-29-25(28)26(21-13-3-1-4-14-21)22-15-5-2-6-16-22/h1-8,10,13-17,20,24,27H,9,11-12,18H2. The van der Waals surface area contributed by atoms with Crippen molar-refractivity contribution in [3.05, 3.63) is 96.1 Å². The van der Waals surface area contributed by atoms with Gasteiger partial charge in [-0.15, -0.1) is 0 Å². The van der Waals surface area contributed by atoms with E-state index < -0.39 is 12.2 Å². The number of nitrogens with zero attached hydrogens (tertiary/aromatic N) is 1. The van der Waals surface area contributed by atoms with E-state index in [-0.39, 0.29) is 12.5 Å². The van der Waals surface area contributed by atoms with Gasteiger partial charge in [0.2, 0.25) is 0 Å². The highest BCUT2D eigenvalue weighted by molar-refractivity contribution is 5.95. The second-order valence-electron chi connectivity index (χ2n) is 7.38. The van der Waals surface area contributed by atoms with Crippen LogP contribution in [-0.4, -0.2) is 17.8 Å². The molecule has 148 valence electrons. The number of aryl methyl sites for hydroxylation is 1. The molecule has 0 saturated carbocycles. The smallest absolute Gasteiger partial charge is 0.418 e. The highest BCUT2D eigenvalue weighted by Crippen LogP contribution is 2.34. The number of carbonyl (C=O) groups is 1. The number of carbonyl (C=O) groups excluding carboxylic acids is 1. The Bertz CT molecular complexity index is 903. The number of anilines is 2. The zero-order chi connectivity index (χ0) is 20.1. The van der Waals surface area contributed by atoms with Crippen molar-refractivity contribution in [2.75, 3.05) is 11.5 Å². The van der Waals surface area contributed by atoms with Crippen molar-refractivity contribution in [2.24, 2.45) is 5.92 Å². The number of amides is 1. The van der Waals surface area contributed by atoms with Crippen LogP contribution in [0.4, 0.5) is 16.2 Å². The number of benzene rings is 3. The first-order chi connectivity index (χ1) is 14.2. The third-order valence-corrected chi connectivity index (χ3v) is 5.47. The molecule has 3 aromatic carbocycles. The summed E-state index contributed by atoms with van der Waals surface area (Å²) < 4.78 is 5.72. The maximum Gasteiger partial charge on any atom is 0.418 e. The lowest BCUT2D eigenvalue weighted by Crippen LogP contribution is -2.29. The van der Waals surface area contributed by atoms with Gasteiger partial charge >= 0.3 is 6.09 Å². The zero-order valence-corrected chi connectivity index (χ0v) is 16.3. The Morgan fingerprint density at radius 2 is 1.48 bits per heavy atom. The highest BCUT2D eigenvalue weighted by Gasteiger charge is 2.28. The zero-order valence-electron chi connectivity index (χ0n) is 16.3. The molecule has 4 rings (SSSR count). The topological polar surface area (TPSA) is 49.8 Å². The predicted molar refractivity (Wildman–Crippen MR) is 114 cm³/mol. The minimum absolute atomic E-state index is 0.115. The van der Waals surface area contributed by atoms with Crippen LogP contribution in [0.1, 0.15) is 30.1 Å². The average molecular weight is 387 g/mol. The molecule has 0 radical (unpaired) electrons. The molecule has 2 unspecified atom stereocenters. The van der Waals surface area contributed by atoms with Crippen molar-refractivity contribution >= 4 is 17.5 Å². The number of hydrogen-bond acceptors (Lipinski definition) is 3. The van der Waals surface area contributed by atoms with Gasteiger partial charge in [0, 0.05) is 5.92 Å². The van der Waals surface area contributed by atoms with E-state index in [4.69, 9.17) is 4.74 Å². The number of para-hydroxylation sites is 2. The lowest BCUT2D eigenvalue weighted by Gasteiger charge is -2.25. The number of aliphatic hydroxyl groups is 1. The minimum Gasteiger partial charge on any atom is -0.448 e. The van der Waals surface area contributed by atoms with Crippen molar-refractivity contribution in [3.8, 4) is 0 Å². The van der Waals surface area contributed by atoms with E-state index in [1.807, 2.05) is 78.9 Å². The molecule has 1 amide bonds. The van der Waals surface area contributed by atoms with E-state index in [9.17, 15) is 9.90 Å². The fourth-order valence-corrected chi connectivity index (χ4v) is 3.95. The number of ether oxygens (including phenoxy) is 1. The summed E-state index contributed by atoms with van der Waals surface area (Å²) in [5.41, 5.74) is 3.63. The molecule has 0 saturated heterocycles. The van der Waals surface area contributed by atoms with Gasteiger partial charge in [0.05, 0.1) is 24.1 Å². The van der Waals surface area contributed by atoms with Crippen LogP contribution in [0.3, 0.4) is 0 Å². The average Bonchev–Trinajstić information content (AvgIpc) is 2.93. The molecule has 1 aliphatic rings. The fraction of sp³-hybridized carbons (Fsp3) is 0.240. The Morgan fingerprint density at radius 1 is 0.897 bits per heavy atom. The maximum atomic E-state index is 13.0. The van der Waals surface area contributed by atoms with E-state index in [0.717, 1.165) is 36.2 Å². The number of rotatable bonds is 4. The lowest BCUT2D eigenvalue weighted by molar-refractivity contribution is 0.0526. The van der Waals surface area contributed by atoms with Crippen molar-refractivity contribution in [2.45, 2.75) is 25.4 Å². The van der Waals surface area contributed by atoms with Crippen molar-refractivity contribution in [3.63, 3.8) is 0 Å². The van der Waals surface area contributed by atoms with Crippen molar-refractivity contribution in [1.82, 2.24) is 0 Å². The van der Waals surface area contributed by atoms with Crippen LogP contribution in [0.5, 0.6) is 0 Å². The molecule has 0 spiro atoms. The Kier molecular flexibility index (Phi) is 5.92. The molecular formula is C25H25NO3. The summed E-state index contributed by atoms with van der Waals surface area (Å²) in [4.78, 5) is 14.6. The second kappa shape index (κ2) is 8.93. The summed E-state index contributed by atoms with van der Waals surface area (Å²) in [6, 6.07) is 26.9. The molecule has 0 aromatic heterocycles. The van der Waals surface area contributed by atoms with Gasteiger partial charge in [0.25, 0.3) is 0 Å². The van der Waals surface area contributed by atoms with Crippen LogP contribution >= 0.6 is 0 Å². The van der Waals surface area contributed by atoms with E-state index in [0.29, 0.717) is 0 Å². The van der Waals surface area contributed by atoms with Gasteiger partial charge in [0.15, 0.2) is 0 Å². The largest absolute Gasteiger partial charge is 0.448 e. The molecule has 29 heavy (non-hydrogen) atoms. The van der Waals surface area contributed by atoms with Crippen LogP contribution < -0.4 is 4.90 Å². The Labute approximate surface area is 171 Å². The summed E-state index contributed by atoms with van der Waals surface area (Å²) in [7, 11) is 0. The monoisotopic (exact) mass is 387 g/mol. The first-order valence-electron chi connectivity index (χ1n) is 10.1. The molecule has 4 heteroatoms. The van der Waals surface area contributed by atoms with Gasteiger partial charge in [-0.2, -0.15) is 0 Å². The van der Waals surface area contributed by atoms with Crippen LogP contribution in [0.15, 0.2) is 84.9 Å². The van der Waals surface area contributed by atoms with E-state index in [2.05, 4.69) is 6.07 Å². The molecule has 3 aromatic rings. The molecular weight excluding hydrogens is 362 g/mol. The van der Waals surface area contributed by atoms with Crippen LogP contribution in [0.25, 0.3) is 0 Å². The van der Waals surface area contributed by atoms with E-state index >= 15 is 0 Å². The summed E-state index contributed by atoms with van der Waals surface area (Å²) in [6.45, 7) is 0.185. The normalized spacial score (nSPS) is 18.4.